The Morgan fingerprint density at radius 1 is 0.793 bits per heavy atom. The Kier molecular flexibility index (Phi) is 6.27. The summed E-state index contributed by atoms with van der Waals surface area (Å²) in [6.07, 6.45) is 0. The molecule has 156 valence electrons. The number of ether oxygens (including phenoxy) is 3. The Morgan fingerprint density at radius 3 is 1.72 bits per heavy atom. The lowest BCUT2D eigenvalue weighted by Crippen LogP contribution is -2.20. The molecule has 0 atom stereocenters. The second-order valence-electron chi connectivity index (χ2n) is 5.30. The van der Waals surface area contributed by atoms with Gasteiger partial charge in [-0.05, 0) is 18.2 Å². The average molecular weight is 446 g/mol. The maximum Gasteiger partial charge on any atom is 0.342 e. The van der Waals surface area contributed by atoms with Crippen LogP contribution >= 0.6 is 0 Å². The predicted molar refractivity (Wildman–Crippen MR) is 95.3 cm³/mol. The Morgan fingerprint density at radius 2 is 1.28 bits per heavy atom. The maximum absolute atomic E-state index is 12.4. The van der Waals surface area contributed by atoms with E-state index >= 15 is 0 Å². The monoisotopic (exact) mass is 446 g/mol. The van der Waals surface area contributed by atoms with Crippen LogP contribution in [0.5, 0.6) is 11.5 Å². The van der Waals surface area contributed by atoms with E-state index in [4.69, 9.17) is 4.74 Å². The molecule has 0 amide bonds. The van der Waals surface area contributed by atoms with E-state index < -0.39 is 58.8 Å². The summed E-state index contributed by atoms with van der Waals surface area (Å²) in [7, 11) is -8.76. The highest BCUT2D eigenvalue weighted by atomic mass is 32.2. The summed E-state index contributed by atoms with van der Waals surface area (Å²) in [5.74, 6) is -3.75. The zero-order valence-corrected chi connectivity index (χ0v) is 16.5. The van der Waals surface area contributed by atoms with E-state index in [0.29, 0.717) is 0 Å². The van der Waals surface area contributed by atoms with Gasteiger partial charge in [0.05, 0.1) is 19.8 Å². The van der Waals surface area contributed by atoms with Crippen LogP contribution in [-0.2, 0) is 29.7 Å². The van der Waals surface area contributed by atoms with Crippen molar-refractivity contribution in [2.24, 2.45) is 0 Å². The molecule has 2 N–H and O–H groups in total. The molecule has 0 aliphatic rings. The summed E-state index contributed by atoms with van der Waals surface area (Å²) in [6, 6.07) is 7.55. The zero-order valence-electron chi connectivity index (χ0n) is 14.8. The molecule has 0 unspecified atom stereocenters. The van der Waals surface area contributed by atoms with Crippen molar-refractivity contribution in [2.45, 2.75) is 9.79 Å². The molecule has 0 aromatic heterocycles. The molecule has 0 saturated heterocycles. The van der Waals surface area contributed by atoms with Gasteiger partial charge in [0.2, 0.25) is 0 Å². The van der Waals surface area contributed by atoms with Crippen molar-refractivity contribution in [1.29, 1.82) is 0 Å². The van der Waals surface area contributed by atoms with Crippen molar-refractivity contribution >= 4 is 32.2 Å². The third-order valence-corrected chi connectivity index (χ3v) is 5.24. The first kappa shape index (κ1) is 22.3. The van der Waals surface area contributed by atoms with Gasteiger partial charge in [0.1, 0.15) is 21.1 Å². The highest BCUT2D eigenvalue weighted by Gasteiger charge is 2.37. The molecule has 2 aromatic carbocycles. The van der Waals surface area contributed by atoms with Crippen LogP contribution < -0.4 is 4.74 Å². The molecule has 0 fully saturated rings. The highest BCUT2D eigenvalue weighted by molar-refractivity contribution is 7.86. The second-order valence-corrected chi connectivity index (χ2v) is 8.08. The van der Waals surface area contributed by atoms with Crippen LogP contribution in [-0.4, -0.2) is 52.1 Å². The number of carbonyl (C=O) groups excluding carboxylic acids is 2. The van der Waals surface area contributed by atoms with Crippen LogP contribution in [0.15, 0.2) is 46.2 Å². The molecule has 0 heterocycles. The Bertz CT molecular complexity index is 1170. The predicted octanol–water partition coefficient (Wildman–Crippen LogP) is 1.55. The molecule has 0 spiro atoms. The molecule has 13 heteroatoms. The first-order valence-electron chi connectivity index (χ1n) is 7.47. The van der Waals surface area contributed by atoms with Gasteiger partial charge in [-0.15, -0.1) is 0 Å². The Labute approximate surface area is 165 Å². The van der Waals surface area contributed by atoms with E-state index in [0.717, 1.165) is 14.2 Å². The van der Waals surface area contributed by atoms with Gasteiger partial charge in [0.15, 0.2) is 5.75 Å². The van der Waals surface area contributed by atoms with Crippen LogP contribution in [0, 0.1) is 0 Å². The van der Waals surface area contributed by atoms with E-state index in [1.165, 1.54) is 24.3 Å². The Hall–Kier alpha value is -3.00. The number of benzene rings is 2. The smallest absolute Gasteiger partial charge is 0.342 e. The van der Waals surface area contributed by atoms with E-state index in [1.807, 2.05) is 0 Å². The standard InChI is InChI=1S/C16H14O11S2/c1-25-15(17)12-10(28(19,20)21)8-11(29(22,23)24)14(13(12)16(18)26-2)27-9-6-4-3-5-7-9/h3-8H,1-2H3,(H,19,20,21)(H,22,23,24). The first-order valence-corrected chi connectivity index (χ1v) is 10.3. The van der Waals surface area contributed by atoms with Crippen LogP contribution in [0.4, 0.5) is 0 Å². The SMILES string of the molecule is COC(=O)c1c(S(=O)(=O)O)cc(S(=O)(=O)O)c(Oc2ccccc2)c1C(=O)OC. The van der Waals surface area contributed by atoms with Gasteiger partial charge in [-0.2, -0.15) is 16.8 Å². The lowest BCUT2D eigenvalue weighted by Gasteiger charge is -2.18. The number of carbonyl (C=O) groups is 2. The van der Waals surface area contributed by atoms with Crippen LogP contribution in [0.3, 0.4) is 0 Å². The molecule has 0 bridgehead atoms. The number of para-hydroxylation sites is 1. The number of methoxy groups -OCH3 is 2. The van der Waals surface area contributed by atoms with Crippen LogP contribution in [0.2, 0.25) is 0 Å². The quantitative estimate of drug-likeness (QED) is 0.487. The molecule has 0 aliphatic carbocycles. The molecule has 2 rings (SSSR count). The summed E-state index contributed by atoms with van der Waals surface area (Å²) in [4.78, 5) is 22.1. The normalized spacial score (nSPS) is 11.6. The number of esters is 2. The van der Waals surface area contributed by atoms with Crippen molar-refractivity contribution in [1.82, 2.24) is 0 Å². The van der Waals surface area contributed by atoms with Crippen molar-refractivity contribution in [3.63, 3.8) is 0 Å². The summed E-state index contributed by atoms with van der Waals surface area (Å²) in [5.41, 5.74) is -2.04. The van der Waals surface area contributed by atoms with E-state index in [2.05, 4.69) is 9.47 Å². The summed E-state index contributed by atoms with van der Waals surface area (Å²) < 4.78 is 80.6. The lowest BCUT2D eigenvalue weighted by molar-refractivity contribution is 0.0548. The van der Waals surface area contributed by atoms with Gasteiger partial charge in [0, 0.05) is 0 Å². The second kappa shape index (κ2) is 8.16. The zero-order chi connectivity index (χ0) is 22.0. The molecule has 2 aromatic rings. The molecule has 0 radical (unpaired) electrons. The van der Waals surface area contributed by atoms with Crippen LogP contribution in [0.1, 0.15) is 20.7 Å². The Balaban J connectivity index is 3.10. The van der Waals surface area contributed by atoms with Gasteiger partial charge in [-0.25, -0.2) is 9.59 Å². The largest absolute Gasteiger partial charge is 0.465 e. The van der Waals surface area contributed by atoms with Crippen molar-refractivity contribution in [3.8, 4) is 11.5 Å². The summed E-state index contributed by atoms with van der Waals surface area (Å²) in [5, 5.41) is 0. The van der Waals surface area contributed by atoms with Crippen molar-refractivity contribution < 1.29 is 49.7 Å². The minimum Gasteiger partial charge on any atom is -0.465 e. The molecule has 11 nitrogen and oxygen atoms in total. The fourth-order valence-corrected chi connectivity index (χ4v) is 3.75. The molecule has 0 aliphatic heterocycles. The fourth-order valence-electron chi connectivity index (χ4n) is 2.32. The average Bonchev–Trinajstić information content (AvgIpc) is 2.65. The molecule has 29 heavy (non-hydrogen) atoms. The highest BCUT2D eigenvalue weighted by Crippen LogP contribution is 2.39. The van der Waals surface area contributed by atoms with Gasteiger partial charge >= 0.3 is 11.9 Å². The van der Waals surface area contributed by atoms with Gasteiger partial charge in [-0.3, -0.25) is 9.11 Å². The van der Waals surface area contributed by atoms with Gasteiger partial charge in [0.25, 0.3) is 20.2 Å². The first-order chi connectivity index (χ1) is 13.4. The minimum atomic E-state index is -5.26. The third kappa shape index (κ3) is 4.71. The summed E-state index contributed by atoms with van der Waals surface area (Å²) >= 11 is 0. The molecule has 0 saturated carbocycles. The van der Waals surface area contributed by atoms with Crippen LogP contribution in [0.25, 0.3) is 0 Å². The minimum absolute atomic E-state index is 0.0297. The lowest BCUT2D eigenvalue weighted by atomic mass is 10.1. The topological polar surface area (TPSA) is 171 Å². The molecular weight excluding hydrogens is 432 g/mol. The van der Waals surface area contributed by atoms with Crippen molar-refractivity contribution in [3.05, 3.63) is 47.5 Å². The number of rotatable bonds is 6. The maximum atomic E-state index is 12.4. The third-order valence-electron chi connectivity index (χ3n) is 3.51. The van der Waals surface area contributed by atoms with Gasteiger partial charge in [-0.1, -0.05) is 18.2 Å². The molecular formula is C16H14O11S2. The fraction of sp³-hybridized carbons (Fsp3) is 0.125. The van der Waals surface area contributed by atoms with Crippen molar-refractivity contribution in [2.75, 3.05) is 14.2 Å². The van der Waals surface area contributed by atoms with E-state index in [-0.39, 0.29) is 11.8 Å². The number of hydrogen-bond acceptors (Lipinski definition) is 9. The summed E-state index contributed by atoms with van der Waals surface area (Å²) in [6.45, 7) is 0. The van der Waals surface area contributed by atoms with E-state index in [1.54, 1.807) is 6.07 Å². The number of hydrogen-bond donors (Lipinski definition) is 2. The van der Waals surface area contributed by atoms with Gasteiger partial charge < -0.3 is 14.2 Å². The van der Waals surface area contributed by atoms with E-state index in [9.17, 15) is 35.5 Å².